The number of carbonyl (C=O) groups is 3. The molecule has 2 amide bonds. The number of carboxylic acid groups (broad SMARTS) is 1. The maximum absolute atomic E-state index is 11.5. The standard InChI is InChI=1S/C13H22N2O5/c1-2-20-11(16)8-15-13(19)14-7-9-5-3-4-6-10(9)12(17)18/h9-10H,2-8H2,1H3,(H,17,18)(H2,14,15,19). The van der Waals surface area contributed by atoms with Crippen LogP contribution in [0.3, 0.4) is 0 Å². The third kappa shape index (κ3) is 5.46. The van der Waals surface area contributed by atoms with Crippen molar-refractivity contribution in [3.8, 4) is 0 Å². The molecule has 0 aromatic rings. The van der Waals surface area contributed by atoms with Crippen LogP contribution in [-0.4, -0.2) is 42.8 Å². The molecule has 2 unspecified atom stereocenters. The Morgan fingerprint density at radius 1 is 1.20 bits per heavy atom. The van der Waals surface area contributed by atoms with Gasteiger partial charge in [-0.2, -0.15) is 0 Å². The molecule has 0 aromatic heterocycles. The van der Waals surface area contributed by atoms with E-state index in [9.17, 15) is 14.4 Å². The molecule has 1 aliphatic rings. The van der Waals surface area contributed by atoms with Gasteiger partial charge < -0.3 is 20.5 Å². The maximum Gasteiger partial charge on any atom is 0.325 e. The summed E-state index contributed by atoms with van der Waals surface area (Å²) in [6.45, 7) is 2.08. The van der Waals surface area contributed by atoms with E-state index >= 15 is 0 Å². The predicted molar refractivity (Wildman–Crippen MR) is 71.1 cm³/mol. The molecule has 7 heteroatoms. The first kappa shape index (κ1) is 16.3. The number of urea groups is 1. The van der Waals surface area contributed by atoms with Gasteiger partial charge in [0.2, 0.25) is 0 Å². The van der Waals surface area contributed by atoms with Crippen LogP contribution in [0.1, 0.15) is 32.6 Å². The zero-order chi connectivity index (χ0) is 15.0. The topological polar surface area (TPSA) is 105 Å². The monoisotopic (exact) mass is 286 g/mol. The highest BCUT2D eigenvalue weighted by Gasteiger charge is 2.30. The third-order valence-corrected chi connectivity index (χ3v) is 3.45. The number of carbonyl (C=O) groups excluding carboxylic acids is 2. The number of amides is 2. The van der Waals surface area contributed by atoms with E-state index in [1.165, 1.54) is 0 Å². The summed E-state index contributed by atoms with van der Waals surface area (Å²) in [7, 11) is 0. The summed E-state index contributed by atoms with van der Waals surface area (Å²) in [5.74, 6) is -1.74. The minimum absolute atomic E-state index is 0.0467. The number of ether oxygens (including phenoxy) is 1. The molecule has 0 aromatic carbocycles. The third-order valence-electron chi connectivity index (χ3n) is 3.45. The fraction of sp³-hybridized carbons (Fsp3) is 0.769. The van der Waals surface area contributed by atoms with Gasteiger partial charge in [-0.15, -0.1) is 0 Å². The number of hydrogen-bond acceptors (Lipinski definition) is 4. The van der Waals surface area contributed by atoms with Crippen molar-refractivity contribution in [1.82, 2.24) is 10.6 Å². The van der Waals surface area contributed by atoms with E-state index < -0.39 is 23.9 Å². The average Bonchev–Trinajstić information content (AvgIpc) is 2.43. The molecule has 3 N–H and O–H groups in total. The number of rotatable bonds is 6. The van der Waals surface area contributed by atoms with Crippen molar-refractivity contribution in [3.05, 3.63) is 0 Å². The summed E-state index contributed by atoms with van der Waals surface area (Å²) in [6, 6.07) is -0.479. The van der Waals surface area contributed by atoms with Crippen molar-refractivity contribution in [2.24, 2.45) is 11.8 Å². The Bertz CT molecular complexity index is 359. The average molecular weight is 286 g/mol. The highest BCUT2D eigenvalue weighted by atomic mass is 16.5. The summed E-state index contributed by atoms with van der Waals surface area (Å²) in [5.41, 5.74) is 0. The van der Waals surface area contributed by atoms with Crippen LogP contribution < -0.4 is 10.6 Å². The first-order valence-electron chi connectivity index (χ1n) is 6.94. The van der Waals surface area contributed by atoms with Gasteiger partial charge in [-0.1, -0.05) is 12.8 Å². The number of aliphatic carboxylic acids is 1. The molecular weight excluding hydrogens is 264 g/mol. The van der Waals surface area contributed by atoms with Crippen molar-refractivity contribution < 1.29 is 24.2 Å². The van der Waals surface area contributed by atoms with Gasteiger partial charge >= 0.3 is 18.0 Å². The fourth-order valence-electron chi connectivity index (χ4n) is 2.43. The molecule has 20 heavy (non-hydrogen) atoms. The molecule has 1 aliphatic carbocycles. The molecule has 114 valence electrons. The highest BCUT2D eigenvalue weighted by molar-refractivity contribution is 5.80. The van der Waals surface area contributed by atoms with E-state index in [2.05, 4.69) is 15.4 Å². The van der Waals surface area contributed by atoms with Gasteiger partial charge in [0, 0.05) is 6.54 Å². The van der Waals surface area contributed by atoms with Crippen LogP contribution in [0.4, 0.5) is 4.79 Å². The van der Waals surface area contributed by atoms with Crippen LogP contribution >= 0.6 is 0 Å². The lowest BCUT2D eigenvalue weighted by molar-refractivity contribution is -0.145. The molecule has 7 nitrogen and oxygen atoms in total. The van der Waals surface area contributed by atoms with Gasteiger partial charge in [-0.25, -0.2) is 4.79 Å². The van der Waals surface area contributed by atoms with Gasteiger partial charge in [0.1, 0.15) is 6.54 Å². The van der Waals surface area contributed by atoms with Crippen LogP contribution in [0.25, 0.3) is 0 Å². The molecule has 0 aliphatic heterocycles. The summed E-state index contributed by atoms with van der Waals surface area (Å²) >= 11 is 0. The van der Waals surface area contributed by atoms with Gasteiger partial charge in [0.15, 0.2) is 0 Å². The smallest absolute Gasteiger partial charge is 0.325 e. The number of hydrogen-bond donors (Lipinski definition) is 3. The number of carboxylic acids is 1. The Kier molecular flexibility index (Phi) is 6.83. The summed E-state index contributed by atoms with van der Waals surface area (Å²) in [6.07, 6.45) is 3.37. The molecule has 2 atom stereocenters. The Morgan fingerprint density at radius 3 is 2.55 bits per heavy atom. The second-order valence-corrected chi connectivity index (χ2v) is 4.86. The molecule has 0 bridgehead atoms. The van der Waals surface area contributed by atoms with E-state index in [0.29, 0.717) is 13.0 Å². The van der Waals surface area contributed by atoms with Crippen LogP contribution in [0.5, 0.6) is 0 Å². The quantitative estimate of drug-likeness (QED) is 0.625. The van der Waals surface area contributed by atoms with Crippen LogP contribution in [0.2, 0.25) is 0 Å². The van der Waals surface area contributed by atoms with Crippen LogP contribution in [-0.2, 0) is 14.3 Å². The summed E-state index contributed by atoms with van der Waals surface area (Å²) < 4.78 is 4.68. The Morgan fingerprint density at radius 2 is 1.90 bits per heavy atom. The van der Waals surface area contributed by atoms with Crippen molar-refractivity contribution in [2.75, 3.05) is 19.7 Å². The van der Waals surface area contributed by atoms with E-state index in [0.717, 1.165) is 19.3 Å². The predicted octanol–water partition coefficient (Wildman–Crippen LogP) is 0.740. The van der Waals surface area contributed by atoms with Crippen LogP contribution in [0, 0.1) is 11.8 Å². The molecule has 0 saturated heterocycles. The fourth-order valence-corrected chi connectivity index (χ4v) is 2.43. The van der Waals surface area contributed by atoms with E-state index in [1.54, 1.807) is 6.92 Å². The van der Waals surface area contributed by atoms with E-state index in [-0.39, 0.29) is 19.1 Å². The lowest BCUT2D eigenvalue weighted by Crippen LogP contribution is -2.43. The number of nitrogens with one attached hydrogen (secondary N) is 2. The van der Waals surface area contributed by atoms with Gasteiger partial charge in [-0.3, -0.25) is 9.59 Å². The molecular formula is C13H22N2O5. The lowest BCUT2D eigenvalue weighted by Gasteiger charge is -2.28. The first-order valence-corrected chi connectivity index (χ1v) is 6.94. The molecule has 1 fully saturated rings. The zero-order valence-corrected chi connectivity index (χ0v) is 11.7. The van der Waals surface area contributed by atoms with Crippen molar-refractivity contribution in [2.45, 2.75) is 32.6 Å². The molecule has 0 heterocycles. The Labute approximate surface area is 118 Å². The van der Waals surface area contributed by atoms with E-state index in [4.69, 9.17) is 5.11 Å². The number of esters is 1. The second-order valence-electron chi connectivity index (χ2n) is 4.86. The molecule has 0 radical (unpaired) electrons. The highest BCUT2D eigenvalue weighted by Crippen LogP contribution is 2.29. The maximum atomic E-state index is 11.5. The molecule has 0 spiro atoms. The van der Waals surface area contributed by atoms with Crippen molar-refractivity contribution in [1.29, 1.82) is 0 Å². The van der Waals surface area contributed by atoms with Crippen molar-refractivity contribution >= 4 is 18.0 Å². The SMILES string of the molecule is CCOC(=O)CNC(=O)NCC1CCCCC1C(=O)O. The van der Waals surface area contributed by atoms with Gasteiger partial charge in [0.25, 0.3) is 0 Å². The zero-order valence-electron chi connectivity index (χ0n) is 11.7. The largest absolute Gasteiger partial charge is 0.481 e. The van der Waals surface area contributed by atoms with Crippen LogP contribution in [0.15, 0.2) is 0 Å². The minimum atomic E-state index is -0.802. The Balaban J connectivity index is 2.28. The van der Waals surface area contributed by atoms with Crippen molar-refractivity contribution in [3.63, 3.8) is 0 Å². The Hall–Kier alpha value is -1.79. The molecule has 1 saturated carbocycles. The first-order chi connectivity index (χ1) is 9.54. The van der Waals surface area contributed by atoms with Gasteiger partial charge in [0.05, 0.1) is 12.5 Å². The second kappa shape index (κ2) is 8.39. The summed E-state index contributed by atoms with van der Waals surface area (Å²) in [4.78, 5) is 33.7. The van der Waals surface area contributed by atoms with Gasteiger partial charge in [-0.05, 0) is 25.7 Å². The normalized spacial score (nSPS) is 21.9. The summed E-state index contributed by atoms with van der Waals surface area (Å²) in [5, 5.41) is 14.1. The molecule has 1 rings (SSSR count). The van der Waals surface area contributed by atoms with E-state index in [1.807, 2.05) is 0 Å². The lowest BCUT2D eigenvalue weighted by atomic mass is 9.79. The minimum Gasteiger partial charge on any atom is -0.481 e.